The zero-order chi connectivity index (χ0) is 31.6. The van der Waals surface area contributed by atoms with E-state index in [-0.39, 0.29) is 16.9 Å². The van der Waals surface area contributed by atoms with Gasteiger partial charge < -0.3 is 25.6 Å². The van der Waals surface area contributed by atoms with Gasteiger partial charge >= 0.3 is 6.09 Å². The third-order valence-electron chi connectivity index (χ3n) is 8.52. The largest absolute Gasteiger partial charge is 0.443 e. The number of carbonyl (C=O) groups is 1. The minimum Gasteiger partial charge on any atom is -0.443 e. The molecule has 1 amide bonds. The number of nitrogens with zero attached hydrogens (tertiary/aromatic N) is 5. The molecule has 44 heavy (non-hydrogen) atoms. The zero-order valence-corrected chi connectivity index (χ0v) is 27.5. The van der Waals surface area contributed by atoms with Crippen LogP contribution >= 0.6 is 23.2 Å². The Bertz CT molecular complexity index is 1520. The quantitative estimate of drug-likeness (QED) is 0.270. The number of hydrogen-bond donors (Lipinski definition) is 2. The highest BCUT2D eigenvalue weighted by Gasteiger charge is 2.31. The lowest BCUT2D eigenvalue weighted by Gasteiger charge is -2.44. The van der Waals surface area contributed by atoms with Gasteiger partial charge in [-0.3, -0.25) is 4.90 Å². The van der Waals surface area contributed by atoms with Crippen LogP contribution in [0.5, 0.6) is 0 Å². The fourth-order valence-electron chi connectivity index (χ4n) is 5.88. The maximum Gasteiger partial charge on any atom is 0.410 e. The monoisotopic (exact) mass is 637 g/mol. The Kier molecular flexibility index (Phi) is 9.58. The molecule has 234 valence electrons. The number of nitrogens with one attached hydrogen (secondary N) is 1. The summed E-state index contributed by atoms with van der Waals surface area (Å²) in [5.74, 6) is 0.430. The second-order valence-electron chi connectivity index (χ2n) is 12.4. The van der Waals surface area contributed by atoms with E-state index in [1.165, 1.54) is 6.33 Å². The van der Waals surface area contributed by atoms with Crippen molar-refractivity contribution in [3.8, 4) is 0 Å². The van der Waals surface area contributed by atoms with Crippen molar-refractivity contribution in [2.75, 3.05) is 49.2 Å². The van der Waals surface area contributed by atoms with Crippen molar-refractivity contribution in [2.45, 2.75) is 58.2 Å². The van der Waals surface area contributed by atoms with Crippen LogP contribution < -0.4 is 16.0 Å². The van der Waals surface area contributed by atoms with Crippen LogP contribution in [-0.4, -0.2) is 76.8 Å². The molecule has 1 fully saturated rings. The van der Waals surface area contributed by atoms with Crippen molar-refractivity contribution >= 4 is 57.7 Å². The molecule has 3 heterocycles. The van der Waals surface area contributed by atoms with Gasteiger partial charge in [0.15, 0.2) is 11.0 Å². The number of nitrogen functional groups attached to an aromatic ring is 1. The van der Waals surface area contributed by atoms with Crippen molar-refractivity contribution in [1.29, 1.82) is 0 Å². The van der Waals surface area contributed by atoms with E-state index in [9.17, 15) is 4.79 Å². The second kappa shape index (κ2) is 13.2. The van der Waals surface area contributed by atoms with Gasteiger partial charge in [0.2, 0.25) is 0 Å². The average Bonchev–Trinajstić information content (AvgIpc) is 2.98. The Hall–Kier alpha value is -3.53. The Morgan fingerprint density at radius 2 is 1.82 bits per heavy atom. The Morgan fingerprint density at radius 1 is 1.11 bits per heavy atom. The molecule has 0 radical (unpaired) electrons. The van der Waals surface area contributed by atoms with E-state index in [1.54, 1.807) is 4.90 Å². The van der Waals surface area contributed by atoms with E-state index >= 15 is 0 Å². The number of rotatable bonds is 7. The molecule has 0 aliphatic carbocycles. The lowest BCUT2D eigenvalue weighted by molar-refractivity contribution is 0.0157. The number of halogens is 2. The SMILES string of the molecule is C[C@H]1CN(c2cc(Cl)c(C3=CCN(C(=O)OC(C)(C)Cc4ccccc4)CC3)cc2Nc2ncnc(Cl)c2N)C[C@H](C)N1C. The zero-order valence-electron chi connectivity index (χ0n) is 26.0. The smallest absolute Gasteiger partial charge is 0.410 e. The maximum absolute atomic E-state index is 13.1. The van der Waals surface area contributed by atoms with Gasteiger partial charge in [-0.05, 0) is 70.0 Å². The van der Waals surface area contributed by atoms with E-state index < -0.39 is 5.60 Å². The molecule has 5 rings (SSSR count). The molecule has 2 aliphatic heterocycles. The fraction of sp³-hybridized carbons (Fsp3) is 0.424. The number of piperazine rings is 1. The Balaban J connectivity index is 1.38. The van der Waals surface area contributed by atoms with Gasteiger partial charge in [0.1, 0.15) is 17.6 Å². The molecule has 1 saturated heterocycles. The van der Waals surface area contributed by atoms with Crippen LogP contribution in [0.25, 0.3) is 5.57 Å². The molecule has 3 aromatic rings. The normalized spacial score (nSPS) is 19.5. The highest BCUT2D eigenvalue weighted by molar-refractivity contribution is 6.33. The topological polar surface area (TPSA) is 99.8 Å². The molecule has 1 aromatic heterocycles. The van der Waals surface area contributed by atoms with Crippen LogP contribution in [0.1, 0.15) is 45.2 Å². The van der Waals surface area contributed by atoms with Crippen LogP contribution in [0.2, 0.25) is 10.2 Å². The third kappa shape index (κ3) is 7.22. The number of ether oxygens (including phenoxy) is 1. The first-order valence-corrected chi connectivity index (χ1v) is 15.7. The van der Waals surface area contributed by atoms with Gasteiger partial charge in [-0.2, -0.15) is 0 Å². The van der Waals surface area contributed by atoms with Crippen molar-refractivity contribution < 1.29 is 9.53 Å². The van der Waals surface area contributed by atoms with Crippen LogP contribution in [0.3, 0.4) is 0 Å². The summed E-state index contributed by atoms with van der Waals surface area (Å²) in [4.78, 5) is 27.9. The number of aromatic nitrogens is 2. The number of anilines is 4. The van der Waals surface area contributed by atoms with Gasteiger partial charge in [0, 0.05) is 44.7 Å². The van der Waals surface area contributed by atoms with Crippen LogP contribution in [0.15, 0.2) is 54.9 Å². The molecule has 2 aromatic carbocycles. The fourth-order valence-corrected chi connectivity index (χ4v) is 6.29. The first kappa shape index (κ1) is 31.9. The predicted molar refractivity (Wildman–Crippen MR) is 180 cm³/mol. The molecule has 2 atom stereocenters. The van der Waals surface area contributed by atoms with Crippen molar-refractivity contribution in [2.24, 2.45) is 0 Å². The standard InChI is InChI=1S/C33H41Cl2N7O2/c1-21-18-42(19-22(2)40(21)5)28-16-26(34)25(15-27(28)39-31-29(36)30(35)37-20-38-31)24-11-13-41(14-12-24)32(43)44-33(3,4)17-23-9-7-6-8-10-23/h6-11,15-16,20-22H,12-14,17-19,36H2,1-5H3,(H,37,38,39)/t21-,22-/m0/s1. The minimum atomic E-state index is -0.633. The molecule has 0 spiro atoms. The summed E-state index contributed by atoms with van der Waals surface area (Å²) in [5, 5.41) is 4.25. The molecule has 0 bridgehead atoms. The van der Waals surface area contributed by atoms with Crippen molar-refractivity contribution in [3.63, 3.8) is 0 Å². The lowest BCUT2D eigenvalue weighted by Crippen LogP contribution is -2.55. The summed E-state index contributed by atoms with van der Waals surface area (Å²) in [5.41, 5.74) is 10.7. The molecule has 0 saturated carbocycles. The van der Waals surface area contributed by atoms with E-state index in [1.807, 2.05) is 56.3 Å². The van der Waals surface area contributed by atoms with E-state index in [4.69, 9.17) is 33.7 Å². The molecule has 11 heteroatoms. The van der Waals surface area contributed by atoms with Gasteiger partial charge in [-0.1, -0.05) is 59.6 Å². The number of nitrogens with two attached hydrogens (primary N) is 1. The van der Waals surface area contributed by atoms with Gasteiger partial charge in [-0.15, -0.1) is 0 Å². The highest BCUT2D eigenvalue weighted by atomic mass is 35.5. The first-order valence-electron chi connectivity index (χ1n) is 15.0. The number of benzene rings is 2. The molecule has 3 N–H and O–H groups in total. The summed E-state index contributed by atoms with van der Waals surface area (Å²) in [6.45, 7) is 11.0. The van der Waals surface area contributed by atoms with Gasteiger partial charge in [-0.25, -0.2) is 14.8 Å². The molecular weight excluding hydrogens is 597 g/mol. The number of amides is 1. The van der Waals surface area contributed by atoms with E-state index in [0.717, 1.165) is 41.2 Å². The molecular formula is C33H41Cl2N7O2. The lowest BCUT2D eigenvalue weighted by atomic mass is 9.97. The van der Waals surface area contributed by atoms with E-state index in [0.29, 0.717) is 48.9 Å². The Morgan fingerprint density at radius 3 is 2.48 bits per heavy atom. The van der Waals surface area contributed by atoms with Crippen LogP contribution in [-0.2, 0) is 11.2 Å². The highest BCUT2D eigenvalue weighted by Crippen LogP contribution is 2.40. The maximum atomic E-state index is 13.1. The predicted octanol–water partition coefficient (Wildman–Crippen LogP) is 6.89. The minimum absolute atomic E-state index is 0.189. The summed E-state index contributed by atoms with van der Waals surface area (Å²) < 4.78 is 5.94. The first-order chi connectivity index (χ1) is 20.9. The second-order valence-corrected chi connectivity index (χ2v) is 13.2. The van der Waals surface area contributed by atoms with Gasteiger partial charge in [0.05, 0.1) is 16.4 Å². The molecule has 9 nitrogen and oxygen atoms in total. The summed E-state index contributed by atoms with van der Waals surface area (Å²) in [6.07, 6.45) is 4.39. The number of carbonyl (C=O) groups excluding carboxylic acids is 1. The van der Waals surface area contributed by atoms with Crippen LogP contribution in [0.4, 0.5) is 27.7 Å². The van der Waals surface area contributed by atoms with Crippen molar-refractivity contribution in [3.05, 3.63) is 76.2 Å². The number of likely N-dealkylation sites (N-methyl/N-ethyl adjacent to an activating group) is 1. The summed E-state index contributed by atoms with van der Waals surface area (Å²) in [6, 6.07) is 14.8. The summed E-state index contributed by atoms with van der Waals surface area (Å²) in [7, 11) is 2.16. The average molecular weight is 639 g/mol. The van der Waals surface area contributed by atoms with E-state index in [2.05, 4.69) is 52.1 Å². The van der Waals surface area contributed by atoms with Gasteiger partial charge in [0.25, 0.3) is 0 Å². The summed E-state index contributed by atoms with van der Waals surface area (Å²) >= 11 is 13.2. The number of hydrogen-bond acceptors (Lipinski definition) is 8. The van der Waals surface area contributed by atoms with Crippen molar-refractivity contribution in [1.82, 2.24) is 19.8 Å². The van der Waals surface area contributed by atoms with Crippen LogP contribution in [0, 0.1) is 0 Å². The third-order valence-corrected chi connectivity index (χ3v) is 9.14. The molecule has 0 unspecified atom stereocenters. The Labute approximate surface area is 270 Å². The molecule has 2 aliphatic rings.